The zero-order valence-corrected chi connectivity index (χ0v) is 18.1. The van der Waals surface area contributed by atoms with E-state index in [1.165, 1.54) is 31.2 Å². The van der Waals surface area contributed by atoms with Crippen LogP contribution in [0.15, 0.2) is 23.8 Å². The number of hydrogen-bond donors (Lipinski definition) is 1. The largest absolute Gasteiger partial charge is 0.508 e. The number of fused-ring (bicyclic) bond motifs is 5. The molecule has 0 amide bonds. The molecule has 0 aliphatic heterocycles. The molecule has 4 rings (SSSR count). The quantitative estimate of drug-likeness (QED) is 0.579. The Morgan fingerprint density at radius 2 is 1.96 bits per heavy atom. The Kier molecular flexibility index (Phi) is 5.85. The molecule has 2 saturated carbocycles. The van der Waals surface area contributed by atoms with Crippen molar-refractivity contribution in [1.82, 2.24) is 4.90 Å². The molecule has 0 saturated heterocycles. The highest BCUT2D eigenvalue weighted by Gasteiger charge is 2.48. The van der Waals surface area contributed by atoms with E-state index in [2.05, 4.69) is 44.1 Å². The molecule has 3 heteroatoms. The smallest absolute Gasteiger partial charge is 0.118 e. The number of likely N-dealkylation sites (N-methyl/N-ethyl adjacent to an activating group) is 1. The molecule has 3 nitrogen and oxygen atoms in total. The summed E-state index contributed by atoms with van der Waals surface area (Å²) in [5.74, 6) is 4.29. The van der Waals surface area contributed by atoms with Gasteiger partial charge in [0.15, 0.2) is 0 Å². The Morgan fingerprint density at radius 1 is 1.18 bits per heavy atom. The van der Waals surface area contributed by atoms with Gasteiger partial charge in [-0.2, -0.15) is 0 Å². The monoisotopic (exact) mass is 383 g/mol. The van der Waals surface area contributed by atoms with Crippen LogP contribution in [0.3, 0.4) is 0 Å². The minimum Gasteiger partial charge on any atom is -0.508 e. The Labute approximate surface area is 170 Å². The lowest BCUT2D eigenvalue weighted by atomic mass is 9.57. The van der Waals surface area contributed by atoms with Gasteiger partial charge in [0.2, 0.25) is 0 Å². The van der Waals surface area contributed by atoms with Gasteiger partial charge >= 0.3 is 0 Å². The van der Waals surface area contributed by atoms with Gasteiger partial charge in [-0.25, -0.2) is 0 Å². The van der Waals surface area contributed by atoms with E-state index in [0.717, 1.165) is 49.5 Å². The SMILES string of the molecule is Cc1cc2c(cc1O)C[C@@H](C)C1C2CCC2/C(=C/COCCN(C)C)CCC21. The number of rotatable bonds is 5. The van der Waals surface area contributed by atoms with Gasteiger partial charge in [0.25, 0.3) is 0 Å². The summed E-state index contributed by atoms with van der Waals surface area (Å²) in [7, 11) is 4.18. The van der Waals surface area contributed by atoms with Crippen molar-refractivity contribution >= 4 is 0 Å². The molecule has 28 heavy (non-hydrogen) atoms. The minimum absolute atomic E-state index is 0.471. The summed E-state index contributed by atoms with van der Waals surface area (Å²) in [4.78, 5) is 2.17. The Balaban J connectivity index is 1.47. The van der Waals surface area contributed by atoms with Crippen LogP contribution < -0.4 is 0 Å². The first kappa shape index (κ1) is 20.0. The zero-order chi connectivity index (χ0) is 19.8. The normalized spacial score (nSPS) is 33.0. The van der Waals surface area contributed by atoms with Gasteiger partial charge in [-0.05, 0) is 105 Å². The van der Waals surface area contributed by atoms with Crippen molar-refractivity contribution < 1.29 is 9.84 Å². The average molecular weight is 384 g/mol. The number of benzene rings is 1. The van der Waals surface area contributed by atoms with Gasteiger partial charge in [-0.3, -0.25) is 0 Å². The number of aromatic hydroxyl groups is 1. The molecule has 3 aliphatic rings. The average Bonchev–Trinajstić information content (AvgIpc) is 3.06. The molecular weight excluding hydrogens is 346 g/mol. The number of phenolic OH excluding ortho intramolecular Hbond substituents is 1. The lowest BCUT2D eigenvalue weighted by molar-refractivity contribution is 0.103. The van der Waals surface area contributed by atoms with Crippen molar-refractivity contribution in [2.75, 3.05) is 33.9 Å². The number of phenols is 1. The molecular formula is C25H37NO2. The van der Waals surface area contributed by atoms with Crippen molar-refractivity contribution in [2.45, 2.75) is 51.9 Å². The van der Waals surface area contributed by atoms with Crippen LogP contribution >= 0.6 is 0 Å². The minimum atomic E-state index is 0.471. The third-order valence-electron chi connectivity index (χ3n) is 7.71. The molecule has 1 aromatic carbocycles. The van der Waals surface area contributed by atoms with Crippen molar-refractivity contribution in [2.24, 2.45) is 23.7 Å². The number of nitrogens with zero attached hydrogens (tertiary/aromatic N) is 1. The van der Waals surface area contributed by atoms with Crippen molar-refractivity contribution in [3.63, 3.8) is 0 Å². The van der Waals surface area contributed by atoms with E-state index in [1.807, 2.05) is 6.92 Å². The maximum atomic E-state index is 10.2. The Bertz CT molecular complexity index is 738. The molecule has 154 valence electrons. The number of allylic oxidation sites excluding steroid dienone is 1. The van der Waals surface area contributed by atoms with Crippen LogP contribution in [-0.4, -0.2) is 43.9 Å². The summed E-state index contributed by atoms with van der Waals surface area (Å²) in [5.41, 5.74) is 5.66. The molecule has 0 radical (unpaired) electrons. The molecule has 0 aromatic heterocycles. The fraction of sp³-hybridized carbons (Fsp3) is 0.680. The Morgan fingerprint density at radius 3 is 2.75 bits per heavy atom. The summed E-state index contributed by atoms with van der Waals surface area (Å²) in [5, 5.41) is 10.2. The molecule has 0 heterocycles. The number of ether oxygens (including phenoxy) is 1. The number of aryl methyl sites for hydroxylation is 1. The van der Waals surface area contributed by atoms with Crippen LogP contribution in [0.5, 0.6) is 5.75 Å². The number of hydrogen-bond acceptors (Lipinski definition) is 3. The molecule has 5 atom stereocenters. The maximum Gasteiger partial charge on any atom is 0.118 e. The van der Waals surface area contributed by atoms with Crippen molar-refractivity contribution in [1.29, 1.82) is 0 Å². The molecule has 3 aliphatic carbocycles. The van der Waals surface area contributed by atoms with Gasteiger partial charge in [0.05, 0.1) is 13.2 Å². The maximum absolute atomic E-state index is 10.2. The highest BCUT2D eigenvalue weighted by molar-refractivity contribution is 5.45. The van der Waals surface area contributed by atoms with Crippen LogP contribution in [0.4, 0.5) is 0 Å². The lowest BCUT2D eigenvalue weighted by Gasteiger charge is -2.47. The van der Waals surface area contributed by atoms with E-state index in [4.69, 9.17) is 4.74 Å². The fourth-order valence-corrected chi connectivity index (χ4v) is 6.40. The van der Waals surface area contributed by atoms with Gasteiger partial charge in [0.1, 0.15) is 5.75 Å². The molecule has 2 fully saturated rings. The summed E-state index contributed by atoms with van der Waals surface area (Å²) in [6.07, 6.45) is 8.77. The van der Waals surface area contributed by atoms with Crippen LogP contribution in [0, 0.1) is 30.6 Å². The summed E-state index contributed by atoms with van der Waals surface area (Å²) < 4.78 is 5.84. The second kappa shape index (κ2) is 8.20. The first-order valence-corrected chi connectivity index (χ1v) is 11.2. The highest BCUT2D eigenvalue weighted by Crippen LogP contribution is 2.58. The van der Waals surface area contributed by atoms with E-state index < -0.39 is 0 Å². The fourth-order valence-electron chi connectivity index (χ4n) is 6.40. The topological polar surface area (TPSA) is 32.7 Å². The van der Waals surface area contributed by atoms with Crippen LogP contribution in [0.1, 0.15) is 55.2 Å². The van der Waals surface area contributed by atoms with E-state index in [1.54, 1.807) is 11.1 Å². The highest BCUT2D eigenvalue weighted by atomic mass is 16.5. The van der Waals surface area contributed by atoms with Crippen LogP contribution in [0.25, 0.3) is 0 Å². The molecule has 1 N–H and O–H groups in total. The van der Waals surface area contributed by atoms with Crippen LogP contribution in [0.2, 0.25) is 0 Å². The summed E-state index contributed by atoms with van der Waals surface area (Å²) in [6.45, 7) is 7.07. The standard InChI is InChI=1S/C25H37NO2/c1-16-14-23-19(15-24(16)27)13-17(2)25-21-6-5-18(20(21)7-8-22(23)25)9-11-28-12-10-26(3)4/h9,14-15,17,20-22,25,27H,5-8,10-13H2,1-4H3/b18-9+/t17-,20?,21?,22?,25?/m1/s1. The van der Waals surface area contributed by atoms with E-state index in [-0.39, 0.29) is 0 Å². The predicted octanol–water partition coefficient (Wildman–Crippen LogP) is 4.92. The second-order valence-corrected chi connectivity index (χ2v) is 9.75. The Hall–Kier alpha value is -1.32. The predicted molar refractivity (Wildman–Crippen MR) is 115 cm³/mol. The van der Waals surface area contributed by atoms with Gasteiger partial charge < -0.3 is 14.7 Å². The molecule has 0 spiro atoms. The molecule has 0 bridgehead atoms. The van der Waals surface area contributed by atoms with E-state index >= 15 is 0 Å². The van der Waals surface area contributed by atoms with E-state index in [9.17, 15) is 5.11 Å². The summed E-state index contributed by atoms with van der Waals surface area (Å²) in [6, 6.07) is 4.34. The first-order chi connectivity index (χ1) is 13.5. The third kappa shape index (κ3) is 3.76. The summed E-state index contributed by atoms with van der Waals surface area (Å²) >= 11 is 0. The van der Waals surface area contributed by atoms with Crippen molar-refractivity contribution in [3.8, 4) is 5.75 Å². The second-order valence-electron chi connectivity index (χ2n) is 9.75. The van der Waals surface area contributed by atoms with Gasteiger partial charge in [-0.15, -0.1) is 0 Å². The molecule has 4 unspecified atom stereocenters. The van der Waals surface area contributed by atoms with Gasteiger partial charge in [0, 0.05) is 6.54 Å². The first-order valence-electron chi connectivity index (χ1n) is 11.2. The zero-order valence-electron chi connectivity index (χ0n) is 18.1. The lowest BCUT2D eigenvalue weighted by Crippen LogP contribution is -2.39. The molecule has 1 aromatic rings. The van der Waals surface area contributed by atoms with E-state index in [0.29, 0.717) is 17.6 Å². The van der Waals surface area contributed by atoms with Crippen LogP contribution in [-0.2, 0) is 11.2 Å². The third-order valence-corrected chi connectivity index (χ3v) is 7.71. The van der Waals surface area contributed by atoms with Crippen molar-refractivity contribution in [3.05, 3.63) is 40.5 Å². The van der Waals surface area contributed by atoms with Gasteiger partial charge in [-0.1, -0.05) is 24.6 Å².